The average Bonchev–Trinajstić information content (AvgIpc) is 3.13. The maximum absolute atomic E-state index is 12.2. The van der Waals surface area contributed by atoms with Crippen LogP contribution in [0.5, 0.6) is 0 Å². The number of carbonyl (C=O) groups is 2. The highest BCUT2D eigenvalue weighted by atomic mass is 16.6. The molecule has 8 nitrogen and oxygen atoms in total. The molecule has 2 N–H and O–H groups in total. The van der Waals surface area contributed by atoms with Crippen LogP contribution in [0.4, 0.5) is 10.5 Å². The quantitative estimate of drug-likeness (QED) is 0.520. The van der Waals surface area contributed by atoms with E-state index in [0.29, 0.717) is 17.1 Å². The van der Waals surface area contributed by atoms with E-state index in [9.17, 15) is 14.7 Å². The number of benzene rings is 2. The Morgan fingerprint density at radius 1 is 1.09 bits per heavy atom. The number of amides is 1. The number of nitrogens with zero attached hydrogens (tertiary/aromatic N) is 1. The molecule has 4 rings (SSSR count). The lowest BCUT2D eigenvalue weighted by molar-refractivity contribution is -0.163. The van der Waals surface area contributed by atoms with Gasteiger partial charge in [-0.3, -0.25) is 10.1 Å². The Morgan fingerprint density at radius 2 is 1.67 bits per heavy atom. The van der Waals surface area contributed by atoms with E-state index in [1.54, 1.807) is 6.92 Å². The summed E-state index contributed by atoms with van der Waals surface area (Å²) in [6.45, 7) is 5.89. The van der Waals surface area contributed by atoms with E-state index in [0.717, 1.165) is 28.7 Å². The summed E-state index contributed by atoms with van der Waals surface area (Å²) in [7, 11) is 0. The standard InChI is InChI=1S/C25H26N2O6/c1-4-15(2)32-24(30)26-21-16(3)27-33-22(21)19-7-5-17(6-8-19)18-9-11-20(12-10-18)25(23(28)29)13-31-14-25/h5-12,15H,4,13-14H2,1-3H3,(H,26,30)(H,28,29)/t15-/m1/s1. The van der Waals surface area contributed by atoms with Crippen LogP contribution in [0.2, 0.25) is 0 Å². The third-order valence-corrected chi connectivity index (χ3v) is 6.00. The molecule has 1 aromatic heterocycles. The smallest absolute Gasteiger partial charge is 0.412 e. The molecule has 3 aromatic rings. The predicted molar refractivity (Wildman–Crippen MR) is 122 cm³/mol. The predicted octanol–water partition coefficient (Wildman–Crippen LogP) is 5.02. The van der Waals surface area contributed by atoms with Crippen molar-refractivity contribution in [2.75, 3.05) is 18.5 Å². The second-order valence-corrected chi connectivity index (χ2v) is 8.26. The molecule has 1 atom stereocenters. The molecule has 8 heteroatoms. The zero-order valence-corrected chi connectivity index (χ0v) is 18.8. The normalized spacial score (nSPS) is 15.4. The number of ether oxygens (including phenoxy) is 2. The number of carboxylic acid groups (broad SMARTS) is 1. The van der Waals surface area contributed by atoms with Crippen LogP contribution in [0.1, 0.15) is 31.5 Å². The van der Waals surface area contributed by atoms with Crippen LogP contribution in [0, 0.1) is 6.92 Å². The summed E-state index contributed by atoms with van der Waals surface area (Å²) in [5.74, 6) is -0.422. The summed E-state index contributed by atoms with van der Waals surface area (Å²) in [6, 6.07) is 15.1. The average molecular weight is 450 g/mol. The van der Waals surface area contributed by atoms with Crippen molar-refractivity contribution in [3.05, 3.63) is 59.8 Å². The van der Waals surface area contributed by atoms with E-state index < -0.39 is 17.5 Å². The second-order valence-electron chi connectivity index (χ2n) is 8.26. The van der Waals surface area contributed by atoms with Crippen molar-refractivity contribution < 1.29 is 28.7 Å². The van der Waals surface area contributed by atoms with Crippen LogP contribution in [-0.2, 0) is 19.7 Å². The van der Waals surface area contributed by atoms with Crippen LogP contribution < -0.4 is 5.32 Å². The lowest BCUT2D eigenvalue weighted by Crippen LogP contribution is -2.53. The summed E-state index contributed by atoms with van der Waals surface area (Å²) in [5.41, 5.74) is 3.48. The molecule has 33 heavy (non-hydrogen) atoms. The third kappa shape index (κ3) is 4.34. The molecular formula is C25H26N2O6. The molecule has 0 spiro atoms. The molecular weight excluding hydrogens is 424 g/mol. The van der Waals surface area contributed by atoms with E-state index in [1.165, 1.54) is 0 Å². The summed E-state index contributed by atoms with van der Waals surface area (Å²) in [5, 5.41) is 16.3. The molecule has 2 heterocycles. The van der Waals surface area contributed by atoms with Crippen LogP contribution in [0.15, 0.2) is 53.1 Å². The van der Waals surface area contributed by atoms with Gasteiger partial charge in [0.05, 0.1) is 13.2 Å². The van der Waals surface area contributed by atoms with Gasteiger partial charge >= 0.3 is 12.1 Å². The molecule has 172 valence electrons. The van der Waals surface area contributed by atoms with Gasteiger partial charge in [-0.05, 0) is 37.0 Å². The Labute approximate surface area is 191 Å². The Morgan fingerprint density at radius 3 is 2.18 bits per heavy atom. The SMILES string of the molecule is CC[C@@H](C)OC(=O)Nc1c(C)noc1-c1ccc(-c2ccc(C3(C(=O)O)COC3)cc2)cc1. The van der Waals surface area contributed by atoms with Crippen molar-refractivity contribution in [3.8, 4) is 22.5 Å². The van der Waals surface area contributed by atoms with Gasteiger partial charge in [-0.1, -0.05) is 60.6 Å². The number of carboxylic acids is 1. The fourth-order valence-corrected chi connectivity index (χ4v) is 3.63. The minimum absolute atomic E-state index is 0.189. The maximum atomic E-state index is 12.2. The number of carbonyl (C=O) groups excluding carboxylic acids is 1. The van der Waals surface area contributed by atoms with Crippen molar-refractivity contribution in [1.82, 2.24) is 5.16 Å². The highest BCUT2D eigenvalue weighted by Gasteiger charge is 2.47. The van der Waals surface area contributed by atoms with Gasteiger partial charge in [-0.15, -0.1) is 0 Å². The van der Waals surface area contributed by atoms with Crippen LogP contribution >= 0.6 is 0 Å². The number of nitrogens with one attached hydrogen (secondary N) is 1. The molecule has 0 bridgehead atoms. The highest BCUT2D eigenvalue weighted by Crippen LogP contribution is 2.35. The first-order valence-corrected chi connectivity index (χ1v) is 10.8. The maximum Gasteiger partial charge on any atom is 0.412 e. The van der Waals surface area contributed by atoms with Gasteiger partial charge in [-0.25, -0.2) is 4.79 Å². The number of aliphatic carboxylic acids is 1. The minimum atomic E-state index is -0.952. The molecule has 1 saturated heterocycles. The number of aryl methyl sites for hydroxylation is 1. The van der Waals surface area contributed by atoms with Gasteiger partial charge in [0, 0.05) is 5.56 Å². The first kappa shape index (κ1) is 22.5. The van der Waals surface area contributed by atoms with Crippen LogP contribution in [-0.4, -0.2) is 41.6 Å². The van der Waals surface area contributed by atoms with Gasteiger partial charge in [-0.2, -0.15) is 0 Å². The van der Waals surface area contributed by atoms with E-state index in [-0.39, 0.29) is 19.3 Å². The lowest BCUT2D eigenvalue weighted by atomic mass is 9.78. The first-order chi connectivity index (χ1) is 15.8. The van der Waals surface area contributed by atoms with Crippen molar-refractivity contribution in [1.29, 1.82) is 0 Å². The molecule has 0 radical (unpaired) electrons. The largest absolute Gasteiger partial charge is 0.480 e. The van der Waals surface area contributed by atoms with Crippen LogP contribution in [0.3, 0.4) is 0 Å². The van der Waals surface area contributed by atoms with E-state index >= 15 is 0 Å². The zero-order chi connectivity index (χ0) is 23.6. The summed E-state index contributed by atoms with van der Waals surface area (Å²) >= 11 is 0. The minimum Gasteiger partial charge on any atom is -0.480 e. The highest BCUT2D eigenvalue weighted by molar-refractivity contribution is 5.91. The van der Waals surface area contributed by atoms with Crippen molar-refractivity contribution in [3.63, 3.8) is 0 Å². The fourth-order valence-electron chi connectivity index (χ4n) is 3.63. The lowest BCUT2D eigenvalue weighted by Gasteiger charge is -2.37. The van der Waals surface area contributed by atoms with Gasteiger partial charge in [0.1, 0.15) is 22.9 Å². The summed E-state index contributed by atoms with van der Waals surface area (Å²) in [4.78, 5) is 23.8. The van der Waals surface area contributed by atoms with Gasteiger partial charge < -0.3 is 19.1 Å². The zero-order valence-electron chi connectivity index (χ0n) is 18.8. The van der Waals surface area contributed by atoms with E-state index in [1.807, 2.05) is 62.4 Å². The molecule has 1 fully saturated rings. The number of aromatic nitrogens is 1. The monoisotopic (exact) mass is 450 g/mol. The Balaban J connectivity index is 1.53. The Bertz CT molecular complexity index is 1150. The van der Waals surface area contributed by atoms with E-state index in [2.05, 4.69) is 10.5 Å². The van der Waals surface area contributed by atoms with Crippen molar-refractivity contribution in [2.45, 2.75) is 38.7 Å². The summed E-state index contributed by atoms with van der Waals surface area (Å²) in [6.07, 6.45) is -0.0257. The van der Waals surface area contributed by atoms with E-state index in [4.69, 9.17) is 14.0 Å². The topological polar surface area (TPSA) is 111 Å². The molecule has 0 aliphatic carbocycles. The molecule has 1 amide bonds. The molecule has 0 unspecified atom stereocenters. The number of hydrogen-bond acceptors (Lipinski definition) is 6. The Hall–Kier alpha value is -3.65. The summed E-state index contributed by atoms with van der Waals surface area (Å²) < 4.78 is 15.9. The van der Waals surface area contributed by atoms with Gasteiger partial charge in [0.2, 0.25) is 0 Å². The molecule has 1 aliphatic heterocycles. The Kier molecular flexibility index (Phi) is 6.20. The first-order valence-electron chi connectivity index (χ1n) is 10.8. The second kappa shape index (κ2) is 9.07. The molecule has 2 aromatic carbocycles. The van der Waals surface area contributed by atoms with Crippen molar-refractivity contribution in [2.24, 2.45) is 0 Å². The number of hydrogen-bond donors (Lipinski definition) is 2. The van der Waals surface area contributed by atoms with Crippen molar-refractivity contribution >= 4 is 17.7 Å². The fraction of sp³-hybridized carbons (Fsp3) is 0.320. The van der Waals surface area contributed by atoms with Gasteiger partial charge in [0.25, 0.3) is 0 Å². The number of anilines is 1. The third-order valence-electron chi connectivity index (χ3n) is 6.00. The van der Waals surface area contributed by atoms with Gasteiger partial charge in [0.15, 0.2) is 5.76 Å². The van der Waals surface area contributed by atoms with Crippen LogP contribution in [0.25, 0.3) is 22.5 Å². The molecule has 0 saturated carbocycles. The molecule has 1 aliphatic rings. The number of rotatable bonds is 7.